The summed E-state index contributed by atoms with van der Waals surface area (Å²) in [5.74, 6) is 0.246. The van der Waals surface area contributed by atoms with Crippen molar-refractivity contribution in [3.05, 3.63) is 12.4 Å². The summed E-state index contributed by atoms with van der Waals surface area (Å²) in [5, 5.41) is 13.5. The molecule has 4 nitrogen and oxygen atoms in total. The van der Waals surface area contributed by atoms with Gasteiger partial charge in [-0.25, -0.2) is 0 Å². The quantitative estimate of drug-likeness (QED) is 0.691. The van der Waals surface area contributed by atoms with Gasteiger partial charge in [-0.05, 0) is 5.92 Å². The van der Waals surface area contributed by atoms with E-state index in [1.807, 2.05) is 13.8 Å². The summed E-state index contributed by atoms with van der Waals surface area (Å²) in [7, 11) is 0. The molecule has 0 fully saturated rings. The largest absolute Gasteiger partial charge is 0.396 e. The normalized spacial score (nSPS) is 13.7. The van der Waals surface area contributed by atoms with Gasteiger partial charge in [-0.3, -0.25) is 4.68 Å². The van der Waals surface area contributed by atoms with Gasteiger partial charge in [0, 0.05) is 6.20 Å². The van der Waals surface area contributed by atoms with Gasteiger partial charge in [0.05, 0.1) is 24.5 Å². The maximum Gasteiger partial charge on any atom is 0.0758 e. The smallest absolute Gasteiger partial charge is 0.0758 e. The average molecular weight is 169 g/mol. The Bertz CT molecular complexity index is 244. The lowest BCUT2D eigenvalue weighted by molar-refractivity contribution is 0.103. The Labute approximate surface area is 72.0 Å². The topological polar surface area (TPSA) is 64.1 Å². The highest BCUT2D eigenvalue weighted by molar-refractivity contribution is 5.30. The van der Waals surface area contributed by atoms with E-state index in [-0.39, 0.29) is 12.0 Å². The number of nitrogen functional groups attached to an aromatic ring is 1. The number of aliphatic hydroxyl groups excluding tert-OH is 1. The molecule has 1 atom stereocenters. The number of hydrogen-bond donors (Lipinski definition) is 2. The van der Waals surface area contributed by atoms with Gasteiger partial charge in [0.2, 0.25) is 0 Å². The number of hydrogen-bond acceptors (Lipinski definition) is 3. The molecule has 0 saturated carbocycles. The fourth-order valence-electron chi connectivity index (χ4n) is 0.882. The van der Waals surface area contributed by atoms with Crippen molar-refractivity contribution in [3.8, 4) is 0 Å². The molecule has 0 aromatic carbocycles. The van der Waals surface area contributed by atoms with Crippen LogP contribution in [0.5, 0.6) is 0 Å². The van der Waals surface area contributed by atoms with Gasteiger partial charge in [-0.15, -0.1) is 0 Å². The van der Waals surface area contributed by atoms with Crippen LogP contribution in [0.4, 0.5) is 5.69 Å². The van der Waals surface area contributed by atoms with E-state index < -0.39 is 0 Å². The number of nitrogens with zero attached hydrogens (tertiary/aromatic N) is 2. The third-order valence-electron chi connectivity index (χ3n) is 1.80. The summed E-state index contributed by atoms with van der Waals surface area (Å²) in [4.78, 5) is 0. The zero-order chi connectivity index (χ0) is 9.14. The first-order valence-electron chi connectivity index (χ1n) is 4.05. The number of anilines is 1. The standard InChI is InChI=1S/C8H15N3O/c1-6(2)8(12)5-11-4-7(9)3-10-11/h3-4,6,8,12H,5,9H2,1-2H3. The van der Waals surface area contributed by atoms with Gasteiger partial charge in [-0.2, -0.15) is 5.10 Å². The molecule has 0 amide bonds. The second kappa shape index (κ2) is 3.58. The lowest BCUT2D eigenvalue weighted by Gasteiger charge is -2.13. The summed E-state index contributed by atoms with van der Waals surface area (Å²) in [6, 6.07) is 0. The number of rotatable bonds is 3. The van der Waals surface area contributed by atoms with E-state index in [9.17, 15) is 5.11 Å². The maximum atomic E-state index is 9.49. The van der Waals surface area contributed by atoms with E-state index in [1.165, 1.54) is 0 Å². The van der Waals surface area contributed by atoms with E-state index in [0.29, 0.717) is 12.2 Å². The SMILES string of the molecule is CC(C)C(O)Cn1cc(N)cn1. The third kappa shape index (κ3) is 2.23. The van der Waals surface area contributed by atoms with Gasteiger partial charge in [0.25, 0.3) is 0 Å². The fourth-order valence-corrected chi connectivity index (χ4v) is 0.882. The first kappa shape index (κ1) is 9.06. The van der Waals surface area contributed by atoms with Crippen molar-refractivity contribution >= 4 is 5.69 Å². The van der Waals surface area contributed by atoms with Gasteiger partial charge in [0.1, 0.15) is 0 Å². The minimum absolute atomic E-state index is 0.246. The molecule has 1 unspecified atom stereocenters. The van der Waals surface area contributed by atoms with E-state index >= 15 is 0 Å². The summed E-state index contributed by atoms with van der Waals surface area (Å²) >= 11 is 0. The molecule has 0 aliphatic heterocycles. The molecule has 0 aliphatic rings. The first-order valence-corrected chi connectivity index (χ1v) is 4.05. The van der Waals surface area contributed by atoms with E-state index in [0.717, 1.165) is 0 Å². The Morgan fingerprint density at radius 1 is 1.67 bits per heavy atom. The summed E-state index contributed by atoms with van der Waals surface area (Å²) in [6.45, 7) is 4.45. The van der Waals surface area contributed by atoms with Crippen LogP contribution in [0.15, 0.2) is 12.4 Å². The van der Waals surface area contributed by atoms with Gasteiger partial charge in [-0.1, -0.05) is 13.8 Å². The van der Waals surface area contributed by atoms with Crippen LogP contribution < -0.4 is 5.73 Å². The molecule has 0 spiro atoms. The van der Waals surface area contributed by atoms with Crippen molar-refractivity contribution in [1.29, 1.82) is 0 Å². The molecule has 0 saturated heterocycles. The number of aromatic nitrogens is 2. The summed E-state index contributed by atoms with van der Waals surface area (Å²) < 4.78 is 1.65. The van der Waals surface area contributed by atoms with Crippen LogP contribution in [0.3, 0.4) is 0 Å². The highest BCUT2D eigenvalue weighted by Crippen LogP contribution is 2.05. The third-order valence-corrected chi connectivity index (χ3v) is 1.80. The number of nitrogens with two attached hydrogens (primary N) is 1. The predicted octanol–water partition coefficient (Wildman–Crippen LogP) is 0.482. The zero-order valence-corrected chi connectivity index (χ0v) is 7.44. The molecular formula is C8H15N3O. The Morgan fingerprint density at radius 2 is 2.33 bits per heavy atom. The van der Waals surface area contributed by atoms with E-state index in [1.54, 1.807) is 17.1 Å². The minimum Gasteiger partial charge on any atom is -0.396 e. The lowest BCUT2D eigenvalue weighted by atomic mass is 10.1. The lowest BCUT2D eigenvalue weighted by Crippen LogP contribution is -2.21. The Kier molecular flexibility index (Phi) is 2.70. The molecule has 3 N–H and O–H groups in total. The van der Waals surface area contributed by atoms with Crippen LogP contribution >= 0.6 is 0 Å². The molecular weight excluding hydrogens is 154 g/mol. The second-order valence-corrected chi connectivity index (χ2v) is 3.31. The summed E-state index contributed by atoms with van der Waals surface area (Å²) in [6.07, 6.45) is 2.93. The van der Waals surface area contributed by atoms with Crippen molar-refractivity contribution in [1.82, 2.24) is 9.78 Å². The van der Waals surface area contributed by atoms with Crippen LogP contribution in [0.25, 0.3) is 0 Å². The minimum atomic E-state index is -0.357. The second-order valence-electron chi connectivity index (χ2n) is 3.31. The van der Waals surface area contributed by atoms with Crippen molar-refractivity contribution in [2.45, 2.75) is 26.5 Å². The van der Waals surface area contributed by atoms with Crippen LogP contribution in [-0.2, 0) is 6.54 Å². The monoisotopic (exact) mass is 169 g/mol. The van der Waals surface area contributed by atoms with Crippen LogP contribution in [0, 0.1) is 5.92 Å². The van der Waals surface area contributed by atoms with Crippen LogP contribution in [0.2, 0.25) is 0 Å². The molecule has 0 radical (unpaired) electrons. The van der Waals surface area contributed by atoms with Gasteiger partial charge in [0.15, 0.2) is 0 Å². The average Bonchev–Trinajstić information content (AvgIpc) is 2.35. The Morgan fingerprint density at radius 3 is 2.75 bits per heavy atom. The van der Waals surface area contributed by atoms with Gasteiger partial charge < -0.3 is 10.8 Å². The zero-order valence-electron chi connectivity index (χ0n) is 7.44. The fraction of sp³-hybridized carbons (Fsp3) is 0.625. The predicted molar refractivity (Wildman–Crippen MR) is 47.5 cm³/mol. The molecule has 1 heterocycles. The Balaban J connectivity index is 2.52. The van der Waals surface area contributed by atoms with Crippen molar-refractivity contribution in [2.75, 3.05) is 5.73 Å². The Hall–Kier alpha value is -1.03. The number of aliphatic hydroxyl groups is 1. The highest BCUT2D eigenvalue weighted by atomic mass is 16.3. The van der Waals surface area contributed by atoms with Crippen molar-refractivity contribution in [3.63, 3.8) is 0 Å². The molecule has 12 heavy (non-hydrogen) atoms. The van der Waals surface area contributed by atoms with E-state index in [2.05, 4.69) is 5.10 Å². The summed E-state index contributed by atoms with van der Waals surface area (Å²) in [5.41, 5.74) is 6.10. The molecule has 0 aliphatic carbocycles. The molecule has 0 bridgehead atoms. The van der Waals surface area contributed by atoms with Gasteiger partial charge >= 0.3 is 0 Å². The first-order chi connectivity index (χ1) is 5.59. The highest BCUT2D eigenvalue weighted by Gasteiger charge is 2.09. The van der Waals surface area contributed by atoms with E-state index in [4.69, 9.17) is 5.73 Å². The van der Waals surface area contributed by atoms with Crippen molar-refractivity contribution in [2.24, 2.45) is 5.92 Å². The van der Waals surface area contributed by atoms with Crippen LogP contribution in [-0.4, -0.2) is 21.0 Å². The van der Waals surface area contributed by atoms with Crippen LogP contribution in [0.1, 0.15) is 13.8 Å². The molecule has 4 heteroatoms. The molecule has 68 valence electrons. The van der Waals surface area contributed by atoms with Crippen molar-refractivity contribution < 1.29 is 5.11 Å². The molecule has 1 aromatic rings. The maximum absolute atomic E-state index is 9.49. The molecule has 1 rings (SSSR count). The molecule has 1 aromatic heterocycles.